The normalized spacial score (nSPS) is 11.2. The first-order valence-electron chi connectivity index (χ1n) is 11.3. The first-order valence-corrected chi connectivity index (χ1v) is 12.6. The third-order valence-corrected chi connectivity index (χ3v) is 7.04. The average molecular weight is 548 g/mol. The van der Waals surface area contributed by atoms with Gasteiger partial charge in [-0.3, -0.25) is 6.08 Å². The van der Waals surface area contributed by atoms with Gasteiger partial charge in [0.1, 0.15) is 0 Å². The number of allylic oxidation sites excluding steroid dienone is 4. The van der Waals surface area contributed by atoms with Crippen molar-refractivity contribution in [2.24, 2.45) is 0 Å². The van der Waals surface area contributed by atoms with Gasteiger partial charge in [-0.25, -0.2) is 12.2 Å². The van der Waals surface area contributed by atoms with Crippen molar-refractivity contribution in [3.63, 3.8) is 0 Å². The second kappa shape index (κ2) is 15.1. The SMILES string of the molecule is COc1cc[c-]c2c1-c1ccccc1C2.[C-]1=CC=CC1.[CH3-].[CH3-].[Zr]=[C](c1ccccc1)c1ccccc1. The third kappa shape index (κ3) is 7.45. The second-order valence-electron chi connectivity index (χ2n) is 7.84. The molecule has 0 spiro atoms. The van der Waals surface area contributed by atoms with Crippen molar-refractivity contribution in [1.82, 2.24) is 0 Å². The molecule has 0 fully saturated rings. The summed E-state index contributed by atoms with van der Waals surface area (Å²) in [6.45, 7) is 0. The first-order chi connectivity index (χ1) is 16.8. The van der Waals surface area contributed by atoms with Crippen molar-refractivity contribution < 1.29 is 29.0 Å². The molecular weight excluding hydrogens is 516 g/mol. The Balaban J connectivity index is 0.000000204. The Kier molecular flexibility index (Phi) is 12.2. The maximum atomic E-state index is 5.39. The third-order valence-electron chi connectivity index (χ3n) is 5.63. The molecule has 4 aromatic rings. The summed E-state index contributed by atoms with van der Waals surface area (Å²) in [4.78, 5) is 0. The van der Waals surface area contributed by atoms with Crippen LogP contribution in [0.2, 0.25) is 0 Å². The fourth-order valence-corrected chi connectivity index (χ4v) is 4.77. The summed E-state index contributed by atoms with van der Waals surface area (Å²) in [6.07, 6.45) is 11.0. The molecule has 1 nitrogen and oxygen atoms in total. The second-order valence-corrected chi connectivity index (χ2v) is 9.07. The average Bonchev–Trinajstić information content (AvgIpc) is 3.61. The zero-order valence-corrected chi connectivity index (χ0v) is 23.8. The van der Waals surface area contributed by atoms with Crippen LogP contribution < -0.4 is 4.74 Å². The Hall–Kier alpha value is -3.09. The Morgan fingerprint density at radius 3 is 1.94 bits per heavy atom. The molecule has 4 aromatic carbocycles. The van der Waals surface area contributed by atoms with Crippen LogP contribution >= 0.6 is 0 Å². The van der Waals surface area contributed by atoms with E-state index in [4.69, 9.17) is 4.74 Å². The topological polar surface area (TPSA) is 9.23 Å². The van der Waals surface area contributed by atoms with Crippen LogP contribution in [0.25, 0.3) is 11.1 Å². The molecule has 36 heavy (non-hydrogen) atoms. The van der Waals surface area contributed by atoms with Gasteiger partial charge in [-0.2, -0.15) is 18.2 Å². The summed E-state index contributed by atoms with van der Waals surface area (Å²) in [5, 5.41) is 0. The van der Waals surface area contributed by atoms with Crippen LogP contribution in [0.15, 0.2) is 115 Å². The quantitative estimate of drug-likeness (QED) is 0.208. The van der Waals surface area contributed by atoms with E-state index in [0.29, 0.717) is 0 Å². The van der Waals surface area contributed by atoms with Crippen molar-refractivity contribution in [2.75, 3.05) is 7.11 Å². The molecule has 2 aliphatic carbocycles. The van der Waals surface area contributed by atoms with Crippen molar-refractivity contribution in [3.8, 4) is 16.9 Å². The van der Waals surface area contributed by atoms with E-state index in [0.717, 1.165) is 18.6 Å². The molecule has 0 saturated carbocycles. The Bertz CT molecular complexity index is 1240. The minimum atomic E-state index is 0. The molecule has 2 heteroatoms. The van der Waals surface area contributed by atoms with Gasteiger partial charge in [0.2, 0.25) is 0 Å². The van der Waals surface area contributed by atoms with E-state index >= 15 is 0 Å². The summed E-state index contributed by atoms with van der Waals surface area (Å²) in [6, 6.07) is 36.8. The number of benzene rings is 4. The number of methoxy groups -OCH3 is 1. The molecule has 0 amide bonds. The Morgan fingerprint density at radius 2 is 1.42 bits per heavy atom. The van der Waals surface area contributed by atoms with Crippen LogP contribution in [0.3, 0.4) is 0 Å². The van der Waals surface area contributed by atoms with Gasteiger partial charge < -0.3 is 19.6 Å². The molecular formula is C34H32OZr-4. The molecule has 0 radical (unpaired) electrons. The summed E-state index contributed by atoms with van der Waals surface area (Å²) in [7, 11) is 1.72. The summed E-state index contributed by atoms with van der Waals surface area (Å²) < 4.78 is 6.81. The van der Waals surface area contributed by atoms with E-state index in [9.17, 15) is 0 Å². The van der Waals surface area contributed by atoms with E-state index in [1.807, 2.05) is 24.3 Å². The zero-order chi connectivity index (χ0) is 23.6. The Morgan fingerprint density at radius 1 is 0.806 bits per heavy atom. The van der Waals surface area contributed by atoms with E-state index in [1.54, 1.807) is 7.11 Å². The van der Waals surface area contributed by atoms with E-state index in [1.165, 1.54) is 60.8 Å². The number of hydrogen-bond donors (Lipinski definition) is 0. The summed E-state index contributed by atoms with van der Waals surface area (Å²) in [5.41, 5.74) is 7.79. The van der Waals surface area contributed by atoms with Gasteiger partial charge in [-0.1, -0.05) is 35.4 Å². The van der Waals surface area contributed by atoms with Crippen LogP contribution in [0.4, 0.5) is 0 Å². The van der Waals surface area contributed by atoms with Crippen molar-refractivity contribution in [2.45, 2.75) is 12.8 Å². The maximum absolute atomic E-state index is 5.39. The fraction of sp³-hybridized carbons (Fsp3) is 0.0882. The standard InChI is InChI=1S/C14H11O.C13H10.C5H5.2CH3.Zr/c1-15-13-8-4-6-11-9-10-5-2-3-7-12(10)14(11)13;1-3-7-12(8-4-1)11-13-9-5-2-6-10-13;1-2-4-5-3-1;;;/h2-5,7-8H,9H2,1H3;1-10H;1-3H,4H2;2*1H3;/q-1;;3*-1;. The van der Waals surface area contributed by atoms with Crippen LogP contribution in [0.1, 0.15) is 28.7 Å². The van der Waals surface area contributed by atoms with Gasteiger partial charge >= 0.3 is 99.2 Å². The number of fused-ring (bicyclic) bond motifs is 3. The molecule has 6 rings (SSSR count). The molecule has 2 aliphatic rings. The molecule has 0 unspecified atom stereocenters. The van der Waals surface area contributed by atoms with Gasteiger partial charge in [0.25, 0.3) is 0 Å². The molecule has 0 heterocycles. The van der Waals surface area contributed by atoms with Gasteiger partial charge in [-0.15, -0.1) is 18.1 Å². The summed E-state index contributed by atoms with van der Waals surface area (Å²) in [5.74, 6) is 0.952. The van der Waals surface area contributed by atoms with Crippen molar-refractivity contribution in [3.05, 3.63) is 165 Å². The van der Waals surface area contributed by atoms with Crippen LogP contribution in [-0.2, 0) is 30.7 Å². The van der Waals surface area contributed by atoms with Crippen LogP contribution in [0.5, 0.6) is 5.75 Å². The molecule has 0 N–H and O–H groups in total. The first kappa shape index (κ1) is 29.1. The predicted octanol–water partition coefficient (Wildman–Crippen LogP) is 8.08. The van der Waals surface area contributed by atoms with Crippen LogP contribution in [-0.4, -0.2) is 10.3 Å². The van der Waals surface area contributed by atoms with Gasteiger partial charge in [-0.05, 0) is 12.0 Å². The zero-order valence-electron chi connectivity index (χ0n) is 21.3. The predicted molar refractivity (Wildman–Crippen MR) is 151 cm³/mol. The molecule has 0 atom stereocenters. The minimum absolute atomic E-state index is 0. The van der Waals surface area contributed by atoms with Gasteiger partial charge in [0.15, 0.2) is 0 Å². The molecule has 0 saturated heterocycles. The van der Waals surface area contributed by atoms with Crippen LogP contribution in [0, 0.1) is 27.0 Å². The van der Waals surface area contributed by atoms with E-state index in [-0.39, 0.29) is 14.9 Å². The number of ether oxygens (including phenoxy) is 1. The van der Waals surface area contributed by atoms with E-state index < -0.39 is 0 Å². The van der Waals surface area contributed by atoms with Gasteiger partial charge in [0.05, 0.1) is 7.11 Å². The number of rotatable bonds is 3. The monoisotopic (exact) mass is 546 g/mol. The fourth-order valence-electron chi connectivity index (χ4n) is 3.95. The number of hydrogen-bond acceptors (Lipinski definition) is 1. The molecule has 0 aromatic heterocycles. The Labute approximate surface area is 232 Å². The van der Waals surface area contributed by atoms with Crippen molar-refractivity contribution >= 4 is 3.21 Å². The summed E-state index contributed by atoms with van der Waals surface area (Å²) >= 11 is 1.46. The molecule has 182 valence electrons. The molecule has 0 aliphatic heterocycles. The van der Waals surface area contributed by atoms with E-state index in [2.05, 4.69) is 103 Å². The molecule has 0 bridgehead atoms. The van der Waals surface area contributed by atoms with Crippen molar-refractivity contribution in [1.29, 1.82) is 0 Å². The van der Waals surface area contributed by atoms with Gasteiger partial charge in [0, 0.05) is 5.75 Å².